The van der Waals surface area contributed by atoms with Crippen molar-refractivity contribution in [2.75, 3.05) is 5.32 Å². The lowest BCUT2D eigenvalue weighted by molar-refractivity contribution is 0.403. The molecule has 1 heterocycles. The minimum absolute atomic E-state index is 0.291. The SMILES string of the molecule is N[C@@H]1CCCC[C@H]1Nc1ccc2c(n1)CCC2. The molecule has 3 nitrogen and oxygen atoms in total. The summed E-state index contributed by atoms with van der Waals surface area (Å²) in [7, 11) is 0. The van der Waals surface area contributed by atoms with E-state index < -0.39 is 0 Å². The zero-order chi connectivity index (χ0) is 11.7. The van der Waals surface area contributed by atoms with Crippen LogP contribution in [0.15, 0.2) is 12.1 Å². The summed E-state index contributed by atoms with van der Waals surface area (Å²) in [6.07, 6.45) is 8.48. The van der Waals surface area contributed by atoms with Crippen LogP contribution >= 0.6 is 0 Å². The van der Waals surface area contributed by atoms with Gasteiger partial charge in [0.2, 0.25) is 0 Å². The molecule has 2 atom stereocenters. The second kappa shape index (κ2) is 4.65. The van der Waals surface area contributed by atoms with Crippen LogP contribution in [0.5, 0.6) is 0 Å². The first kappa shape index (κ1) is 11.0. The second-order valence-electron chi connectivity index (χ2n) is 5.36. The van der Waals surface area contributed by atoms with Crippen LogP contribution in [0.25, 0.3) is 0 Å². The van der Waals surface area contributed by atoms with Gasteiger partial charge in [-0.25, -0.2) is 4.98 Å². The molecule has 1 saturated carbocycles. The van der Waals surface area contributed by atoms with Gasteiger partial charge in [-0.2, -0.15) is 0 Å². The molecule has 0 spiro atoms. The van der Waals surface area contributed by atoms with Crippen molar-refractivity contribution in [3.8, 4) is 0 Å². The monoisotopic (exact) mass is 231 g/mol. The van der Waals surface area contributed by atoms with Gasteiger partial charge in [-0.1, -0.05) is 18.9 Å². The Hall–Kier alpha value is -1.09. The highest BCUT2D eigenvalue weighted by Gasteiger charge is 2.22. The van der Waals surface area contributed by atoms with Crippen LogP contribution in [0.1, 0.15) is 43.4 Å². The van der Waals surface area contributed by atoms with E-state index in [0.717, 1.165) is 18.7 Å². The zero-order valence-electron chi connectivity index (χ0n) is 10.3. The highest BCUT2D eigenvalue weighted by atomic mass is 15.0. The lowest BCUT2D eigenvalue weighted by Crippen LogP contribution is -2.42. The van der Waals surface area contributed by atoms with Gasteiger partial charge in [0.15, 0.2) is 0 Å². The summed E-state index contributed by atoms with van der Waals surface area (Å²) in [5.74, 6) is 1.02. The number of pyridine rings is 1. The molecule has 2 aliphatic carbocycles. The first-order chi connectivity index (χ1) is 8.33. The summed E-state index contributed by atoms with van der Waals surface area (Å²) in [6.45, 7) is 0. The number of hydrogen-bond acceptors (Lipinski definition) is 3. The van der Waals surface area contributed by atoms with Gasteiger partial charge in [0, 0.05) is 17.8 Å². The summed E-state index contributed by atoms with van der Waals surface area (Å²) in [5.41, 5.74) is 8.87. The van der Waals surface area contributed by atoms with E-state index >= 15 is 0 Å². The van der Waals surface area contributed by atoms with Gasteiger partial charge in [0.1, 0.15) is 5.82 Å². The molecule has 1 fully saturated rings. The number of anilines is 1. The Morgan fingerprint density at radius 2 is 2.00 bits per heavy atom. The molecule has 0 aromatic carbocycles. The largest absolute Gasteiger partial charge is 0.366 e. The van der Waals surface area contributed by atoms with E-state index in [9.17, 15) is 0 Å². The Morgan fingerprint density at radius 3 is 2.88 bits per heavy atom. The van der Waals surface area contributed by atoms with Crippen molar-refractivity contribution in [2.24, 2.45) is 5.73 Å². The first-order valence-electron chi connectivity index (χ1n) is 6.84. The van der Waals surface area contributed by atoms with Crippen molar-refractivity contribution in [3.63, 3.8) is 0 Å². The number of hydrogen-bond donors (Lipinski definition) is 2. The van der Waals surface area contributed by atoms with Gasteiger partial charge in [-0.15, -0.1) is 0 Å². The van der Waals surface area contributed by atoms with E-state index in [1.54, 1.807) is 0 Å². The zero-order valence-corrected chi connectivity index (χ0v) is 10.3. The van der Waals surface area contributed by atoms with E-state index in [-0.39, 0.29) is 0 Å². The normalized spacial score (nSPS) is 27.8. The summed E-state index contributed by atoms with van der Waals surface area (Å²) >= 11 is 0. The number of nitrogens with zero attached hydrogens (tertiary/aromatic N) is 1. The molecule has 1 aromatic rings. The Kier molecular flexibility index (Phi) is 3.02. The molecule has 3 N–H and O–H groups in total. The second-order valence-corrected chi connectivity index (χ2v) is 5.36. The quantitative estimate of drug-likeness (QED) is 0.821. The predicted molar refractivity (Wildman–Crippen MR) is 70.1 cm³/mol. The molecule has 0 unspecified atom stereocenters. The topological polar surface area (TPSA) is 50.9 Å². The highest BCUT2D eigenvalue weighted by Crippen LogP contribution is 2.24. The third-order valence-electron chi connectivity index (χ3n) is 4.08. The molecule has 0 bridgehead atoms. The van der Waals surface area contributed by atoms with E-state index in [1.165, 1.54) is 43.4 Å². The molecule has 0 radical (unpaired) electrons. The van der Waals surface area contributed by atoms with Gasteiger partial charge < -0.3 is 11.1 Å². The number of nitrogens with two attached hydrogens (primary N) is 1. The Bertz CT molecular complexity index is 402. The molecule has 3 rings (SSSR count). The fourth-order valence-electron chi connectivity index (χ4n) is 3.03. The fraction of sp³-hybridized carbons (Fsp3) is 0.643. The van der Waals surface area contributed by atoms with E-state index in [0.29, 0.717) is 12.1 Å². The van der Waals surface area contributed by atoms with Crippen molar-refractivity contribution in [1.82, 2.24) is 4.98 Å². The molecule has 0 saturated heterocycles. The van der Waals surface area contributed by atoms with Crippen LogP contribution < -0.4 is 11.1 Å². The third-order valence-corrected chi connectivity index (χ3v) is 4.08. The minimum atomic E-state index is 0.291. The molecule has 0 amide bonds. The highest BCUT2D eigenvalue weighted by molar-refractivity contribution is 5.41. The van der Waals surface area contributed by atoms with Crippen molar-refractivity contribution in [1.29, 1.82) is 0 Å². The van der Waals surface area contributed by atoms with Gasteiger partial charge in [0.05, 0.1) is 0 Å². The molecule has 1 aromatic heterocycles. The fourth-order valence-corrected chi connectivity index (χ4v) is 3.03. The van der Waals surface area contributed by atoms with E-state index in [2.05, 4.69) is 17.4 Å². The lowest BCUT2D eigenvalue weighted by atomic mass is 9.91. The van der Waals surface area contributed by atoms with Crippen molar-refractivity contribution >= 4 is 5.82 Å². The van der Waals surface area contributed by atoms with Crippen LogP contribution in [0.3, 0.4) is 0 Å². The standard InChI is InChI=1S/C14H21N3/c15-11-5-1-2-6-13(11)17-14-9-8-10-4-3-7-12(10)16-14/h8-9,11,13H,1-7,15H2,(H,16,17)/t11-,13-/m1/s1. The van der Waals surface area contributed by atoms with Crippen molar-refractivity contribution in [2.45, 2.75) is 57.0 Å². The smallest absolute Gasteiger partial charge is 0.126 e. The lowest BCUT2D eigenvalue weighted by Gasteiger charge is -2.29. The van der Waals surface area contributed by atoms with Gasteiger partial charge in [-0.3, -0.25) is 0 Å². The summed E-state index contributed by atoms with van der Waals surface area (Å²) in [4.78, 5) is 4.72. The first-order valence-corrected chi connectivity index (χ1v) is 6.84. The number of aromatic nitrogens is 1. The van der Waals surface area contributed by atoms with Crippen LogP contribution in [0.4, 0.5) is 5.82 Å². The molecular weight excluding hydrogens is 210 g/mol. The number of aryl methyl sites for hydroxylation is 2. The molecular formula is C14H21N3. The number of fused-ring (bicyclic) bond motifs is 1. The minimum Gasteiger partial charge on any atom is -0.366 e. The maximum atomic E-state index is 6.15. The number of rotatable bonds is 2. The van der Waals surface area contributed by atoms with Gasteiger partial charge >= 0.3 is 0 Å². The summed E-state index contributed by atoms with van der Waals surface area (Å²) < 4.78 is 0. The van der Waals surface area contributed by atoms with Crippen molar-refractivity contribution < 1.29 is 0 Å². The average Bonchev–Trinajstić information content (AvgIpc) is 2.79. The summed E-state index contributed by atoms with van der Waals surface area (Å²) in [6, 6.07) is 5.05. The van der Waals surface area contributed by atoms with Crippen LogP contribution in [0, 0.1) is 0 Å². The van der Waals surface area contributed by atoms with Crippen molar-refractivity contribution in [3.05, 3.63) is 23.4 Å². The number of nitrogens with one attached hydrogen (secondary N) is 1. The maximum absolute atomic E-state index is 6.15. The average molecular weight is 231 g/mol. The maximum Gasteiger partial charge on any atom is 0.126 e. The van der Waals surface area contributed by atoms with Gasteiger partial charge in [0.25, 0.3) is 0 Å². The third kappa shape index (κ3) is 2.29. The van der Waals surface area contributed by atoms with Crippen LogP contribution in [-0.2, 0) is 12.8 Å². The molecule has 17 heavy (non-hydrogen) atoms. The molecule has 2 aliphatic rings. The summed E-state index contributed by atoms with van der Waals surface area (Å²) in [5, 5.41) is 3.52. The Morgan fingerprint density at radius 1 is 1.12 bits per heavy atom. The van der Waals surface area contributed by atoms with Crippen LogP contribution in [-0.4, -0.2) is 17.1 Å². The molecule has 0 aliphatic heterocycles. The molecule has 92 valence electrons. The Labute approximate surface area is 103 Å². The van der Waals surface area contributed by atoms with Crippen LogP contribution in [0.2, 0.25) is 0 Å². The Balaban J connectivity index is 1.72. The predicted octanol–water partition coefficient (Wildman–Crippen LogP) is 2.25. The van der Waals surface area contributed by atoms with Gasteiger partial charge in [-0.05, 0) is 43.7 Å². The van der Waals surface area contributed by atoms with E-state index in [1.807, 2.05) is 0 Å². The van der Waals surface area contributed by atoms with E-state index in [4.69, 9.17) is 10.7 Å². The molecule has 3 heteroatoms.